The Morgan fingerprint density at radius 3 is 2.56 bits per heavy atom. The van der Waals surface area contributed by atoms with Gasteiger partial charge in [-0.15, -0.1) is 0 Å². The summed E-state index contributed by atoms with van der Waals surface area (Å²) >= 11 is 2.09. The molecule has 1 atom stereocenters. The van der Waals surface area contributed by atoms with E-state index in [1.165, 1.54) is 63.1 Å². The van der Waals surface area contributed by atoms with Gasteiger partial charge >= 0.3 is 0 Å². The van der Waals surface area contributed by atoms with Gasteiger partial charge in [-0.3, -0.25) is 0 Å². The molecule has 1 unspecified atom stereocenters. The summed E-state index contributed by atoms with van der Waals surface area (Å²) in [4.78, 5) is 2.69. The maximum absolute atomic E-state index is 6.18. The number of hydrogen-bond donors (Lipinski definition) is 1. The van der Waals surface area contributed by atoms with E-state index in [4.69, 9.17) is 10.5 Å². The predicted octanol–water partition coefficient (Wildman–Crippen LogP) is 1.85. The minimum Gasteiger partial charge on any atom is -0.375 e. The van der Waals surface area contributed by atoms with E-state index in [2.05, 4.69) is 16.7 Å². The molecule has 0 aliphatic carbocycles. The van der Waals surface area contributed by atoms with Crippen LogP contribution in [0.2, 0.25) is 0 Å². The number of likely N-dealkylation sites (tertiary alicyclic amines) is 1. The molecule has 1 spiro atoms. The summed E-state index contributed by atoms with van der Waals surface area (Å²) in [5, 5.41) is 0. The van der Waals surface area contributed by atoms with E-state index in [0.29, 0.717) is 6.04 Å². The summed E-state index contributed by atoms with van der Waals surface area (Å²) in [5.41, 5.74) is 6.24. The molecule has 0 aromatic rings. The highest BCUT2D eigenvalue weighted by molar-refractivity contribution is 7.99. The van der Waals surface area contributed by atoms with E-state index in [1.54, 1.807) is 0 Å². The van der Waals surface area contributed by atoms with Gasteiger partial charge in [0.15, 0.2) is 0 Å². The van der Waals surface area contributed by atoms with Crippen molar-refractivity contribution in [3.63, 3.8) is 0 Å². The van der Waals surface area contributed by atoms with Gasteiger partial charge in [0.2, 0.25) is 0 Å². The molecule has 0 amide bonds. The van der Waals surface area contributed by atoms with E-state index >= 15 is 0 Å². The zero-order valence-corrected chi connectivity index (χ0v) is 12.1. The highest BCUT2D eigenvalue weighted by atomic mass is 32.2. The summed E-state index contributed by atoms with van der Waals surface area (Å²) < 4.78 is 6.18. The molecule has 0 aromatic heterocycles. The summed E-state index contributed by atoms with van der Waals surface area (Å²) in [5.74, 6) is 2.58. The molecule has 3 rings (SSSR count). The van der Waals surface area contributed by atoms with E-state index < -0.39 is 0 Å². The van der Waals surface area contributed by atoms with Gasteiger partial charge in [0, 0.05) is 18.7 Å². The monoisotopic (exact) mass is 270 g/mol. The summed E-state index contributed by atoms with van der Waals surface area (Å²) in [6.45, 7) is 3.38. The highest BCUT2D eigenvalue weighted by Crippen LogP contribution is 2.39. The van der Waals surface area contributed by atoms with Crippen LogP contribution < -0.4 is 5.73 Å². The molecule has 3 saturated heterocycles. The van der Waals surface area contributed by atoms with Crippen molar-refractivity contribution >= 4 is 11.8 Å². The van der Waals surface area contributed by atoms with Crippen LogP contribution in [0, 0.1) is 0 Å². The summed E-state index contributed by atoms with van der Waals surface area (Å²) in [6.07, 6.45) is 7.39. The molecule has 3 aliphatic heterocycles. The summed E-state index contributed by atoms with van der Waals surface area (Å²) in [6, 6.07) is 1.20. The second-order valence-corrected chi connectivity index (χ2v) is 7.39. The van der Waals surface area contributed by atoms with Crippen molar-refractivity contribution in [2.24, 2.45) is 5.73 Å². The van der Waals surface area contributed by atoms with Crippen LogP contribution in [0.5, 0.6) is 0 Å². The first kappa shape index (κ1) is 13.2. The van der Waals surface area contributed by atoms with Gasteiger partial charge in [-0.05, 0) is 63.1 Å². The summed E-state index contributed by atoms with van der Waals surface area (Å²) in [7, 11) is 0. The first-order chi connectivity index (χ1) is 8.77. The van der Waals surface area contributed by atoms with Gasteiger partial charge in [-0.2, -0.15) is 11.8 Å². The molecule has 3 heterocycles. The van der Waals surface area contributed by atoms with Crippen LogP contribution in [0.25, 0.3) is 0 Å². The number of piperidine rings is 1. The third kappa shape index (κ3) is 2.87. The van der Waals surface area contributed by atoms with Gasteiger partial charge in [-0.25, -0.2) is 0 Å². The average Bonchev–Trinajstić information content (AvgIpc) is 2.40. The average molecular weight is 270 g/mol. The molecular formula is C14H26N2OS. The van der Waals surface area contributed by atoms with Crippen LogP contribution >= 0.6 is 11.8 Å². The Labute approximate surface area is 115 Å². The fraction of sp³-hybridized carbons (Fsp3) is 1.00. The molecule has 104 valence electrons. The molecule has 0 radical (unpaired) electrons. The fourth-order valence-electron chi connectivity index (χ4n) is 3.69. The lowest BCUT2D eigenvalue weighted by Crippen LogP contribution is -2.53. The van der Waals surface area contributed by atoms with Crippen LogP contribution in [-0.4, -0.2) is 53.8 Å². The lowest BCUT2D eigenvalue weighted by atomic mass is 9.84. The van der Waals surface area contributed by atoms with Crippen molar-refractivity contribution in [1.29, 1.82) is 0 Å². The Bertz CT molecular complexity index is 267. The number of rotatable bonds is 1. The van der Waals surface area contributed by atoms with Crippen LogP contribution in [0.1, 0.15) is 38.5 Å². The fourth-order valence-corrected chi connectivity index (χ4v) is 4.93. The third-order valence-electron chi connectivity index (χ3n) is 4.96. The van der Waals surface area contributed by atoms with Gasteiger partial charge in [0.1, 0.15) is 0 Å². The minimum absolute atomic E-state index is 0.230. The van der Waals surface area contributed by atoms with E-state index in [0.717, 1.165) is 12.6 Å². The Morgan fingerprint density at radius 1 is 1.11 bits per heavy atom. The second kappa shape index (κ2) is 5.70. The molecule has 0 bridgehead atoms. The van der Waals surface area contributed by atoms with Crippen molar-refractivity contribution in [2.75, 3.05) is 31.2 Å². The van der Waals surface area contributed by atoms with Crippen LogP contribution in [0.15, 0.2) is 0 Å². The van der Waals surface area contributed by atoms with Crippen molar-refractivity contribution in [3.05, 3.63) is 0 Å². The number of hydrogen-bond acceptors (Lipinski definition) is 4. The van der Waals surface area contributed by atoms with Crippen molar-refractivity contribution < 1.29 is 4.74 Å². The zero-order chi connectivity index (χ0) is 12.4. The van der Waals surface area contributed by atoms with E-state index in [9.17, 15) is 0 Å². The predicted molar refractivity (Wildman–Crippen MR) is 77.0 cm³/mol. The lowest BCUT2D eigenvalue weighted by Gasteiger charge is -2.47. The smallest absolute Gasteiger partial charge is 0.0713 e. The standard InChI is InChI=1S/C14H26N2OS/c15-12-1-6-16(7-2-12)13-3-8-17-14(11-13)4-9-18-10-5-14/h12-13H,1-11,15H2. The van der Waals surface area contributed by atoms with Crippen LogP contribution in [0.3, 0.4) is 0 Å². The van der Waals surface area contributed by atoms with Crippen LogP contribution in [-0.2, 0) is 4.74 Å². The SMILES string of the molecule is NC1CCN(C2CCOC3(CCSCC3)C2)CC1. The number of nitrogens with two attached hydrogens (primary N) is 1. The quantitative estimate of drug-likeness (QED) is 0.789. The van der Waals surface area contributed by atoms with Gasteiger partial charge < -0.3 is 15.4 Å². The van der Waals surface area contributed by atoms with Crippen molar-refractivity contribution in [1.82, 2.24) is 4.90 Å². The molecular weight excluding hydrogens is 244 g/mol. The molecule has 18 heavy (non-hydrogen) atoms. The lowest BCUT2D eigenvalue weighted by molar-refractivity contribution is -0.112. The minimum atomic E-state index is 0.230. The topological polar surface area (TPSA) is 38.5 Å². The van der Waals surface area contributed by atoms with Gasteiger partial charge in [0.25, 0.3) is 0 Å². The Morgan fingerprint density at radius 2 is 1.83 bits per heavy atom. The largest absolute Gasteiger partial charge is 0.375 e. The zero-order valence-electron chi connectivity index (χ0n) is 11.3. The number of thioether (sulfide) groups is 1. The van der Waals surface area contributed by atoms with E-state index in [-0.39, 0.29) is 5.60 Å². The third-order valence-corrected chi connectivity index (χ3v) is 5.95. The second-order valence-electron chi connectivity index (χ2n) is 6.16. The van der Waals surface area contributed by atoms with Gasteiger partial charge in [-0.1, -0.05) is 0 Å². The van der Waals surface area contributed by atoms with Crippen molar-refractivity contribution in [2.45, 2.75) is 56.2 Å². The maximum Gasteiger partial charge on any atom is 0.0713 e. The molecule has 4 heteroatoms. The Hall–Kier alpha value is 0.230. The van der Waals surface area contributed by atoms with Crippen molar-refractivity contribution in [3.8, 4) is 0 Å². The van der Waals surface area contributed by atoms with E-state index in [1.807, 2.05) is 0 Å². The van der Waals surface area contributed by atoms with Crippen LogP contribution in [0.4, 0.5) is 0 Å². The number of ether oxygens (including phenoxy) is 1. The Balaban J connectivity index is 1.59. The number of nitrogens with zero attached hydrogens (tertiary/aromatic N) is 1. The maximum atomic E-state index is 6.18. The molecule has 3 nitrogen and oxygen atoms in total. The molecule has 0 aromatic carbocycles. The first-order valence-electron chi connectivity index (χ1n) is 7.49. The Kier molecular flexibility index (Phi) is 4.18. The molecule has 3 fully saturated rings. The first-order valence-corrected chi connectivity index (χ1v) is 8.64. The molecule has 2 N–H and O–H groups in total. The normalized spacial score (nSPS) is 34.8. The molecule has 0 saturated carbocycles. The van der Waals surface area contributed by atoms with Gasteiger partial charge in [0.05, 0.1) is 5.60 Å². The molecule has 3 aliphatic rings. The highest BCUT2D eigenvalue weighted by Gasteiger charge is 2.40.